The smallest absolute Gasteiger partial charge is 0.314 e. The first-order valence-electron chi connectivity index (χ1n) is 4.51. The molecule has 1 radical (unpaired) electrons. The minimum atomic E-state index is 0.469. The van der Waals surface area contributed by atoms with Crippen molar-refractivity contribution in [2.75, 3.05) is 5.32 Å². The molecule has 1 unspecified atom stereocenters. The molecule has 0 fully saturated rings. The average Bonchev–Trinajstić information content (AvgIpc) is 2.18. The zero-order valence-electron chi connectivity index (χ0n) is 8.00. The molecule has 0 saturated heterocycles. The van der Waals surface area contributed by atoms with Crippen molar-refractivity contribution in [1.29, 1.82) is 0 Å². The quantitative estimate of drug-likeness (QED) is 0.702. The fraction of sp³-hybridized carbons (Fsp3) is 0.364. The van der Waals surface area contributed by atoms with Crippen LogP contribution < -0.4 is 5.32 Å². The maximum Gasteiger partial charge on any atom is 0.314 e. The fourth-order valence-corrected chi connectivity index (χ4v) is 1.32. The van der Waals surface area contributed by atoms with Gasteiger partial charge in [-0.25, -0.2) is 0 Å². The third kappa shape index (κ3) is 2.31. The van der Waals surface area contributed by atoms with E-state index in [9.17, 15) is 4.79 Å². The van der Waals surface area contributed by atoms with Crippen LogP contribution in [0.1, 0.15) is 31.7 Å². The Bertz CT molecular complexity index is 283. The first-order valence-corrected chi connectivity index (χ1v) is 4.51. The van der Waals surface area contributed by atoms with Crippen molar-refractivity contribution < 1.29 is 4.79 Å². The Balaban J connectivity index is 2.96. The largest absolute Gasteiger partial charge is 0.318 e. The van der Waals surface area contributed by atoms with Crippen molar-refractivity contribution in [3.63, 3.8) is 0 Å². The van der Waals surface area contributed by atoms with Gasteiger partial charge in [-0.15, -0.1) is 0 Å². The van der Waals surface area contributed by atoms with E-state index < -0.39 is 0 Å². The highest BCUT2D eigenvalue weighted by Crippen LogP contribution is 2.25. The Kier molecular flexibility index (Phi) is 3.50. The Labute approximate surface area is 79.0 Å². The summed E-state index contributed by atoms with van der Waals surface area (Å²) in [6, 6.07) is 7.82. The summed E-state index contributed by atoms with van der Waals surface area (Å²) < 4.78 is 0. The molecule has 0 aliphatic heterocycles. The number of hydrogen-bond acceptors (Lipinski definition) is 1. The number of carbonyl (C=O) groups excluding carboxylic acids is 1. The topological polar surface area (TPSA) is 29.1 Å². The summed E-state index contributed by atoms with van der Waals surface area (Å²) in [4.78, 5) is 10.2. The van der Waals surface area contributed by atoms with E-state index in [0.717, 1.165) is 12.1 Å². The number of para-hydroxylation sites is 1. The molecule has 2 heteroatoms. The maximum atomic E-state index is 10.2. The van der Waals surface area contributed by atoms with E-state index in [1.807, 2.05) is 24.3 Å². The van der Waals surface area contributed by atoms with Gasteiger partial charge >= 0.3 is 6.41 Å². The molecule has 1 atom stereocenters. The first kappa shape index (κ1) is 9.78. The molecule has 0 aliphatic rings. The second-order valence-corrected chi connectivity index (χ2v) is 3.12. The molecule has 1 N–H and O–H groups in total. The summed E-state index contributed by atoms with van der Waals surface area (Å²) in [6.07, 6.45) is 2.77. The summed E-state index contributed by atoms with van der Waals surface area (Å²) in [5, 5.41) is 2.59. The van der Waals surface area contributed by atoms with Crippen molar-refractivity contribution in [2.24, 2.45) is 0 Å². The van der Waals surface area contributed by atoms with Gasteiger partial charge in [-0.3, -0.25) is 4.79 Å². The van der Waals surface area contributed by atoms with Crippen LogP contribution in [-0.2, 0) is 4.79 Å². The van der Waals surface area contributed by atoms with Gasteiger partial charge in [-0.2, -0.15) is 0 Å². The zero-order valence-corrected chi connectivity index (χ0v) is 8.00. The van der Waals surface area contributed by atoms with E-state index in [4.69, 9.17) is 0 Å². The lowest BCUT2D eigenvalue weighted by Gasteiger charge is -2.12. The highest BCUT2D eigenvalue weighted by Gasteiger charge is 2.07. The first-order chi connectivity index (χ1) is 6.29. The van der Waals surface area contributed by atoms with Crippen LogP contribution in [0.4, 0.5) is 5.69 Å². The van der Waals surface area contributed by atoms with E-state index >= 15 is 0 Å². The van der Waals surface area contributed by atoms with E-state index in [0.29, 0.717) is 5.92 Å². The molecular formula is C11H14NO. The molecule has 0 saturated carbocycles. The number of benzene rings is 1. The minimum absolute atomic E-state index is 0.469. The number of amides is 1. The van der Waals surface area contributed by atoms with Gasteiger partial charge in [0, 0.05) is 5.69 Å². The summed E-state index contributed by atoms with van der Waals surface area (Å²) in [7, 11) is 0. The molecule has 0 aliphatic carbocycles. The van der Waals surface area contributed by atoms with Crippen LogP contribution in [0.5, 0.6) is 0 Å². The van der Waals surface area contributed by atoms with E-state index in [1.54, 1.807) is 6.41 Å². The minimum Gasteiger partial charge on any atom is -0.318 e. The van der Waals surface area contributed by atoms with Crippen molar-refractivity contribution in [3.8, 4) is 0 Å². The Morgan fingerprint density at radius 2 is 2.15 bits per heavy atom. The third-order valence-electron chi connectivity index (χ3n) is 2.29. The molecule has 2 nitrogen and oxygen atoms in total. The molecule has 1 amide bonds. The number of hydrogen-bond donors (Lipinski definition) is 1. The van der Waals surface area contributed by atoms with E-state index in [2.05, 4.69) is 19.2 Å². The van der Waals surface area contributed by atoms with Gasteiger partial charge in [0.05, 0.1) is 0 Å². The average molecular weight is 176 g/mol. The Hall–Kier alpha value is -1.31. The standard InChI is InChI=1S/C11H14NO/c1-3-9(2)10-6-4-5-7-11(10)12-8-13/h4-7,9H,3H2,1-2H3,(H,12,13). The molecule has 0 bridgehead atoms. The van der Waals surface area contributed by atoms with Crippen LogP contribution in [0, 0.1) is 0 Å². The number of anilines is 1. The van der Waals surface area contributed by atoms with Gasteiger partial charge < -0.3 is 5.32 Å². The third-order valence-corrected chi connectivity index (χ3v) is 2.29. The molecule has 0 aromatic heterocycles. The van der Waals surface area contributed by atoms with Crippen LogP contribution >= 0.6 is 0 Å². The van der Waals surface area contributed by atoms with Gasteiger partial charge in [0.15, 0.2) is 0 Å². The fourth-order valence-electron chi connectivity index (χ4n) is 1.32. The van der Waals surface area contributed by atoms with E-state index in [-0.39, 0.29) is 0 Å². The maximum absolute atomic E-state index is 10.2. The normalized spacial score (nSPS) is 12.2. The lowest BCUT2D eigenvalue weighted by Crippen LogP contribution is -2.01. The highest BCUT2D eigenvalue weighted by atomic mass is 16.1. The van der Waals surface area contributed by atoms with Gasteiger partial charge in [-0.1, -0.05) is 32.0 Å². The molecule has 0 spiro atoms. The zero-order chi connectivity index (χ0) is 9.68. The van der Waals surface area contributed by atoms with Gasteiger partial charge in [-0.05, 0) is 24.0 Å². The van der Waals surface area contributed by atoms with Gasteiger partial charge in [0.1, 0.15) is 0 Å². The SMILES string of the molecule is CCC(C)c1ccccc1N[C]=O. The summed E-state index contributed by atoms with van der Waals surface area (Å²) in [5.74, 6) is 0.469. The van der Waals surface area contributed by atoms with Crippen molar-refractivity contribution in [3.05, 3.63) is 29.8 Å². The Morgan fingerprint density at radius 1 is 1.46 bits per heavy atom. The molecule has 0 heterocycles. The van der Waals surface area contributed by atoms with Crippen LogP contribution in [0.25, 0.3) is 0 Å². The van der Waals surface area contributed by atoms with Crippen LogP contribution in [0.3, 0.4) is 0 Å². The second kappa shape index (κ2) is 4.65. The number of nitrogens with one attached hydrogen (secondary N) is 1. The van der Waals surface area contributed by atoms with Crippen LogP contribution in [0.15, 0.2) is 24.3 Å². The van der Waals surface area contributed by atoms with Crippen molar-refractivity contribution in [1.82, 2.24) is 0 Å². The predicted octanol–water partition coefficient (Wildman–Crippen LogP) is 2.68. The van der Waals surface area contributed by atoms with Crippen molar-refractivity contribution in [2.45, 2.75) is 26.2 Å². The van der Waals surface area contributed by atoms with Gasteiger partial charge in [0.2, 0.25) is 0 Å². The van der Waals surface area contributed by atoms with Crippen molar-refractivity contribution >= 4 is 12.1 Å². The van der Waals surface area contributed by atoms with Crippen LogP contribution in [-0.4, -0.2) is 6.41 Å². The lowest BCUT2D eigenvalue weighted by molar-refractivity contribution is 0.561. The Morgan fingerprint density at radius 3 is 2.77 bits per heavy atom. The molecule has 1 rings (SSSR count). The molecule has 69 valence electrons. The second-order valence-electron chi connectivity index (χ2n) is 3.12. The number of rotatable bonds is 4. The molecular weight excluding hydrogens is 162 g/mol. The monoisotopic (exact) mass is 176 g/mol. The molecule has 1 aromatic rings. The highest BCUT2D eigenvalue weighted by molar-refractivity contribution is 5.74. The summed E-state index contributed by atoms with van der Waals surface area (Å²) in [5.41, 5.74) is 2.04. The molecule has 1 aromatic carbocycles. The molecule has 13 heavy (non-hydrogen) atoms. The predicted molar refractivity (Wildman–Crippen MR) is 54.5 cm³/mol. The van der Waals surface area contributed by atoms with Gasteiger partial charge in [0.25, 0.3) is 0 Å². The summed E-state index contributed by atoms with van der Waals surface area (Å²) in [6.45, 7) is 4.28. The van der Waals surface area contributed by atoms with E-state index in [1.165, 1.54) is 5.56 Å². The summed E-state index contributed by atoms with van der Waals surface area (Å²) >= 11 is 0. The lowest BCUT2D eigenvalue weighted by atomic mass is 9.97. The van der Waals surface area contributed by atoms with Crippen LogP contribution in [0.2, 0.25) is 0 Å².